The van der Waals surface area contributed by atoms with E-state index in [-0.39, 0.29) is 0 Å². The highest BCUT2D eigenvalue weighted by Crippen LogP contribution is 2.25. The van der Waals surface area contributed by atoms with Crippen molar-refractivity contribution in [3.05, 3.63) is 17.0 Å². The molecule has 2 aromatic rings. The zero-order valence-corrected chi connectivity index (χ0v) is 12.0. The van der Waals surface area contributed by atoms with Crippen LogP contribution in [0.2, 0.25) is 0 Å². The van der Waals surface area contributed by atoms with Crippen molar-refractivity contribution < 1.29 is 0 Å². The predicted octanol–water partition coefficient (Wildman–Crippen LogP) is 2.51. The van der Waals surface area contributed by atoms with Crippen LogP contribution in [0.25, 0.3) is 5.65 Å². The second-order valence-corrected chi connectivity index (χ2v) is 5.62. The minimum absolute atomic E-state index is 0.831. The van der Waals surface area contributed by atoms with Crippen LogP contribution in [0.1, 0.15) is 26.2 Å². The first-order valence-electron chi connectivity index (χ1n) is 6.38. The van der Waals surface area contributed by atoms with Gasteiger partial charge in [-0.25, -0.2) is 9.38 Å². The molecule has 0 aromatic carbocycles. The van der Waals surface area contributed by atoms with Crippen LogP contribution in [0.15, 0.2) is 17.0 Å². The van der Waals surface area contributed by atoms with Gasteiger partial charge in [0.05, 0.1) is 4.47 Å². The number of hydrogen-bond donors (Lipinski definition) is 0. The summed E-state index contributed by atoms with van der Waals surface area (Å²) in [6.07, 6.45) is 7.32. The molecule has 3 heterocycles. The molecule has 1 aliphatic rings. The maximum atomic E-state index is 4.52. The van der Waals surface area contributed by atoms with Crippen LogP contribution in [0, 0.1) is 5.92 Å². The predicted molar refractivity (Wildman–Crippen MR) is 73.7 cm³/mol. The quantitative estimate of drug-likeness (QED) is 0.855. The SMILES string of the molecule is CCC1CCN(c2ncc(Br)c3nncn23)CC1. The molecule has 3 rings (SSSR count). The number of aromatic nitrogens is 4. The molecule has 0 amide bonds. The fraction of sp³-hybridized carbons (Fsp3) is 0.583. The van der Waals surface area contributed by atoms with Crippen LogP contribution in [-0.4, -0.2) is 32.7 Å². The van der Waals surface area contributed by atoms with Crippen molar-refractivity contribution in [2.24, 2.45) is 5.92 Å². The molecule has 6 heteroatoms. The second kappa shape index (κ2) is 4.84. The third-order valence-corrected chi connectivity index (χ3v) is 4.30. The fourth-order valence-corrected chi connectivity index (χ4v) is 2.93. The Morgan fingerprint density at radius 2 is 2.17 bits per heavy atom. The molecule has 0 spiro atoms. The van der Waals surface area contributed by atoms with Gasteiger partial charge in [-0.15, -0.1) is 10.2 Å². The topological polar surface area (TPSA) is 46.3 Å². The van der Waals surface area contributed by atoms with Crippen LogP contribution in [0.4, 0.5) is 5.95 Å². The molecule has 2 aromatic heterocycles. The van der Waals surface area contributed by atoms with Crippen LogP contribution >= 0.6 is 15.9 Å². The maximum Gasteiger partial charge on any atom is 0.212 e. The first-order valence-corrected chi connectivity index (χ1v) is 7.18. The van der Waals surface area contributed by atoms with Gasteiger partial charge in [-0.05, 0) is 34.7 Å². The van der Waals surface area contributed by atoms with Crippen molar-refractivity contribution in [1.29, 1.82) is 0 Å². The summed E-state index contributed by atoms with van der Waals surface area (Å²) in [5.74, 6) is 1.82. The number of hydrogen-bond acceptors (Lipinski definition) is 4. The Labute approximate surface area is 114 Å². The average Bonchev–Trinajstić information content (AvgIpc) is 2.90. The molecule has 0 N–H and O–H groups in total. The average molecular weight is 310 g/mol. The lowest BCUT2D eigenvalue weighted by atomic mass is 9.95. The third kappa shape index (κ3) is 1.98. The largest absolute Gasteiger partial charge is 0.342 e. The van der Waals surface area contributed by atoms with E-state index < -0.39 is 0 Å². The van der Waals surface area contributed by atoms with Gasteiger partial charge in [0.1, 0.15) is 6.33 Å². The van der Waals surface area contributed by atoms with Crippen molar-refractivity contribution in [1.82, 2.24) is 19.6 Å². The lowest BCUT2D eigenvalue weighted by Crippen LogP contribution is -2.35. The summed E-state index contributed by atoms with van der Waals surface area (Å²) in [5.41, 5.74) is 0.831. The summed E-state index contributed by atoms with van der Waals surface area (Å²) in [5, 5.41) is 8.07. The summed E-state index contributed by atoms with van der Waals surface area (Å²) < 4.78 is 2.84. The summed E-state index contributed by atoms with van der Waals surface area (Å²) >= 11 is 3.45. The van der Waals surface area contributed by atoms with E-state index in [2.05, 4.69) is 42.9 Å². The lowest BCUT2D eigenvalue weighted by molar-refractivity contribution is 0.391. The molecule has 18 heavy (non-hydrogen) atoms. The minimum atomic E-state index is 0.831. The summed E-state index contributed by atoms with van der Waals surface area (Å²) in [6.45, 7) is 4.41. The number of rotatable bonds is 2. The van der Waals surface area contributed by atoms with E-state index in [0.717, 1.165) is 35.1 Å². The first-order chi connectivity index (χ1) is 8.79. The zero-order chi connectivity index (χ0) is 12.5. The maximum absolute atomic E-state index is 4.52. The Hall–Kier alpha value is -1.17. The van der Waals surface area contributed by atoms with E-state index in [4.69, 9.17) is 0 Å². The summed E-state index contributed by atoms with van der Waals surface area (Å²) in [4.78, 5) is 6.84. The van der Waals surface area contributed by atoms with E-state index in [9.17, 15) is 0 Å². The number of fused-ring (bicyclic) bond motifs is 1. The number of anilines is 1. The highest BCUT2D eigenvalue weighted by Gasteiger charge is 2.21. The smallest absolute Gasteiger partial charge is 0.212 e. The molecule has 0 unspecified atom stereocenters. The van der Waals surface area contributed by atoms with Crippen LogP contribution in [0.5, 0.6) is 0 Å². The molecule has 0 saturated carbocycles. The third-order valence-electron chi connectivity index (χ3n) is 3.74. The van der Waals surface area contributed by atoms with Gasteiger partial charge in [-0.1, -0.05) is 13.3 Å². The van der Waals surface area contributed by atoms with Gasteiger partial charge < -0.3 is 4.90 Å². The van der Waals surface area contributed by atoms with Gasteiger partial charge in [0, 0.05) is 19.3 Å². The molecule has 0 bridgehead atoms. The standard InChI is InChI=1S/C12H16BrN5/c1-2-9-3-5-17(6-4-9)12-14-7-10(13)11-16-15-8-18(11)12/h7-9H,2-6H2,1H3. The minimum Gasteiger partial charge on any atom is -0.342 e. The Morgan fingerprint density at radius 3 is 2.89 bits per heavy atom. The van der Waals surface area contributed by atoms with E-state index in [0.29, 0.717) is 0 Å². The lowest BCUT2D eigenvalue weighted by Gasteiger charge is -2.32. The number of piperidine rings is 1. The normalized spacial score (nSPS) is 17.6. The fourth-order valence-electron chi connectivity index (χ4n) is 2.55. The Bertz CT molecular complexity index is 544. The summed E-state index contributed by atoms with van der Waals surface area (Å²) in [6, 6.07) is 0. The van der Waals surface area contributed by atoms with Crippen molar-refractivity contribution >= 4 is 27.5 Å². The molecule has 5 nitrogen and oxygen atoms in total. The molecule has 0 radical (unpaired) electrons. The van der Waals surface area contributed by atoms with Gasteiger partial charge in [0.25, 0.3) is 0 Å². The molecule has 1 aliphatic heterocycles. The van der Waals surface area contributed by atoms with Gasteiger partial charge >= 0.3 is 0 Å². The molecule has 1 fully saturated rings. The second-order valence-electron chi connectivity index (χ2n) is 4.77. The van der Waals surface area contributed by atoms with E-state index in [1.165, 1.54) is 19.3 Å². The molecule has 0 aliphatic carbocycles. The van der Waals surface area contributed by atoms with Gasteiger partial charge in [0.15, 0.2) is 5.65 Å². The Kier molecular flexibility index (Phi) is 3.20. The van der Waals surface area contributed by atoms with E-state index in [1.54, 1.807) is 6.33 Å². The Morgan fingerprint density at radius 1 is 1.39 bits per heavy atom. The van der Waals surface area contributed by atoms with Crippen LogP contribution < -0.4 is 4.90 Å². The monoisotopic (exact) mass is 309 g/mol. The molecule has 1 saturated heterocycles. The molecule has 0 atom stereocenters. The van der Waals surface area contributed by atoms with Crippen molar-refractivity contribution in [2.75, 3.05) is 18.0 Å². The summed E-state index contributed by atoms with van der Waals surface area (Å²) in [7, 11) is 0. The van der Waals surface area contributed by atoms with E-state index >= 15 is 0 Å². The van der Waals surface area contributed by atoms with Crippen LogP contribution in [-0.2, 0) is 0 Å². The molecular formula is C12H16BrN5. The highest BCUT2D eigenvalue weighted by atomic mass is 79.9. The Balaban J connectivity index is 1.91. The van der Waals surface area contributed by atoms with Gasteiger partial charge in [0.2, 0.25) is 5.95 Å². The first kappa shape index (κ1) is 11.9. The highest BCUT2D eigenvalue weighted by molar-refractivity contribution is 9.10. The van der Waals surface area contributed by atoms with Gasteiger partial charge in [-0.2, -0.15) is 0 Å². The van der Waals surface area contributed by atoms with Gasteiger partial charge in [-0.3, -0.25) is 0 Å². The van der Waals surface area contributed by atoms with Crippen LogP contribution in [0.3, 0.4) is 0 Å². The molecule has 96 valence electrons. The number of nitrogens with zero attached hydrogens (tertiary/aromatic N) is 5. The van der Waals surface area contributed by atoms with Crippen molar-refractivity contribution in [2.45, 2.75) is 26.2 Å². The van der Waals surface area contributed by atoms with Crippen molar-refractivity contribution in [3.8, 4) is 0 Å². The van der Waals surface area contributed by atoms with Crippen molar-refractivity contribution in [3.63, 3.8) is 0 Å². The van der Waals surface area contributed by atoms with E-state index in [1.807, 2.05) is 10.6 Å². The zero-order valence-electron chi connectivity index (χ0n) is 10.4. The molecular weight excluding hydrogens is 294 g/mol. The number of halogens is 1.